The molecule has 4 rings (SSSR count). The molecule has 13 heteroatoms. The van der Waals surface area contributed by atoms with Crippen LogP contribution in [0.2, 0.25) is 5.02 Å². The molecular weight excluding hydrogens is 605 g/mol. The van der Waals surface area contributed by atoms with Gasteiger partial charge in [-0.25, -0.2) is 13.2 Å². The molecule has 0 saturated carbocycles. The van der Waals surface area contributed by atoms with Crippen molar-refractivity contribution in [1.29, 1.82) is 5.53 Å². The van der Waals surface area contributed by atoms with Crippen LogP contribution < -0.4 is 4.74 Å². The minimum Gasteiger partial charge on any atom is -0.489 e. The van der Waals surface area contributed by atoms with Crippen LogP contribution in [0.5, 0.6) is 5.75 Å². The maximum absolute atomic E-state index is 15.9. The number of hydrogen-bond donors (Lipinski definition) is 2. The Balaban J connectivity index is 1.52. The lowest BCUT2D eigenvalue weighted by molar-refractivity contribution is -0.202. The molecule has 0 aliphatic heterocycles. The first-order valence-electron chi connectivity index (χ1n) is 12.7. The van der Waals surface area contributed by atoms with E-state index in [2.05, 4.69) is 27.1 Å². The Morgan fingerprint density at radius 3 is 2.32 bits per heavy atom. The van der Waals surface area contributed by atoms with Gasteiger partial charge in [0, 0.05) is 42.1 Å². The molecule has 3 aromatic carbocycles. The van der Waals surface area contributed by atoms with E-state index < -0.39 is 46.8 Å². The topological polar surface area (TPSA) is 94.2 Å². The Morgan fingerprint density at radius 2 is 1.68 bits per heavy atom. The first-order chi connectivity index (χ1) is 20.9. The summed E-state index contributed by atoms with van der Waals surface area (Å²) in [7, 11) is 1.25. The number of nitrogens with zero attached hydrogens (tertiary/aromatic N) is 4. The van der Waals surface area contributed by atoms with Crippen molar-refractivity contribution in [1.82, 2.24) is 9.88 Å². The molecule has 1 heterocycles. The average molecular weight is 628 g/mol. The summed E-state index contributed by atoms with van der Waals surface area (Å²) in [5.74, 6) is -1.16. The molecule has 0 bridgehead atoms. The molecule has 226 valence electrons. The summed E-state index contributed by atoms with van der Waals surface area (Å²) >= 11 is 5.67. The number of likely N-dealkylation sites (N-methyl/N-ethyl adjacent to an activating group) is 1. The van der Waals surface area contributed by atoms with Gasteiger partial charge in [-0.2, -0.15) is 14.3 Å². The third-order valence-electron chi connectivity index (χ3n) is 6.37. The number of aliphatic hydroxyl groups is 1. The van der Waals surface area contributed by atoms with Gasteiger partial charge in [0.2, 0.25) is 0 Å². The van der Waals surface area contributed by atoms with E-state index in [9.17, 15) is 18.3 Å². The molecule has 1 aromatic heterocycles. The monoisotopic (exact) mass is 627 g/mol. The second-order valence-corrected chi connectivity index (χ2v) is 9.96. The van der Waals surface area contributed by atoms with Crippen molar-refractivity contribution in [2.24, 2.45) is 10.3 Å². The number of aromatic nitrogens is 1. The number of alkyl halides is 2. The summed E-state index contributed by atoms with van der Waals surface area (Å²) in [6.45, 7) is -0.743. The fraction of sp³-hybridized carbons (Fsp3) is 0.161. The van der Waals surface area contributed by atoms with Crippen molar-refractivity contribution in [3.63, 3.8) is 0 Å². The number of nitrogens with one attached hydrogen (secondary N) is 1. The highest BCUT2D eigenvalue weighted by molar-refractivity contribution is 6.30. The smallest absolute Gasteiger partial charge is 0.323 e. The molecule has 0 aliphatic rings. The standard InChI is InChI=1S/C31H23ClF5N5O2/c1-42(19-40-41-38)18-30(43,25-11-9-23(33)14-27(25)34)31(36,37)29-13-8-21(16-39-29)5-2-20-3-6-22(7-4-20)17-44-24-10-12-26(32)28(35)15-24/h3-4,6-16,19,38,43H,17-18H2,1H3/b40-19-,41-38?. The summed E-state index contributed by atoms with van der Waals surface area (Å²) in [5, 5.41) is 17.3. The third kappa shape index (κ3) is 7.37. The van der Waals surface area contributed by atoms with E-state index in [-0.39, 0.29) is 17.2 Å². The molecule has 44 heavy (non-hydrogen) atoms. The Kier molecular flexibility index (Phi) is 9.93. The highest BCUT2D eigenvalue weighted by Gasteiger charge is 2.57. The summed E-state index contributed by atoms with van der Waals surface area (Å²) in [6, 6.07) is 15.2. The highest BCUT2D eigenvalue weighted by Crippen LogP contribution is 2.46. The molecule has 0 aliphatic carbocycles. The maximum Gasteiger partial charge on any atom is 0.323 e. The summed E-state index contributed by atoms with van der Waals surface area (Å²) in [6.07, 6.45) is 1.97. The van der Waals surface area contributed by atoms with Gasteiger partial charge in [0.1, 0.15) is 41.8 Å². The van der Waals surface area contributed by atoms with Gasteiger partial charge in [0.15, 0.2) is 5.60 Å². The predicted octanol–water partition coefficient (Wildman–Crippen LogP) is 7.02. The second-order valence-electron chi connectivity index (χ2n) is 9.55. The summed E-state index contributed by atoms with van der Waals surface area (Å²) in [5.41, 5.74) is 3.40. The lowest BCUT2D eigenvalue weighted by atomic mass is 9.84. The van der Waals surface area contributed by atoms with E-state index in [0.29, 0.717) is 17.4 Å². The van der Waals surface area contributed by atoms with Crippen molar-refractivity contribution < 1.29 is 31.8 Å². The van der Waals surface area contributed by atoms with Gasteiger partial charge in [-0.05, 0) is 54.1 Å². The lowest BCUT2D eigenvalue weighted by Crippen LogP contribution is -2.51. The third-order valence-corrected chi connectivity index (χ3v) is 6.67. The van der Waals surface area contributed by atoms with Crippen LogP contribution in [0, 0.1) is 34.8 Å². The van der Waals surface area contributed by atoms with Gasteiger partial charge in [-0.3, -0.25) is 4.98 Å². The molecular formula is C31H23ClF5N5O2. The number of rotatable bonds is 10. The van der Waals surface area contributed by atoms with Gasteiger partial charge < -0.3 is 14.7 Å². The zero-order valence-corrected chi connectivity index (χ0v) is 23.7. The Labute approximate surface area is 254 Å². The quantitative estimate of drug-likeness (QED) is 0.0494. The lowest BCUT2D eigenvalue weighted by Gasteiger charge is -2.38. The molecule has 0 fully saturated rings. The first-order valence-corrected chi connectivity index (χ1v) is 13.1. The molecule has 0 saturated heterocycles. The van der Waals surface area contributed by atoms with Crippen LogP contribution in [-0.4, -0.2) is 34.9 Å². The SMILES string of the molecule is CN(/C=N\N=N)CC(O)(c1ccc(F)cc1F)C(F)(F)c1ccc(C#Cc2ccc(COc3ccc(Cl)c(F)c3)cc2)cn1. The number of ether oxygens (including phenoxy) is 1. The number of pyridine rings is 1. The number of benzene rings is 3. The van der Waals surface area contributed by atoms with Crippen LogP contribution >= 0.6 is 11.6 Å². The molecule has 0 spiro atoms. The molecule has 4 aromatic rings. The average Bonchev–Trinajstić information content (AvgIpc) is 3.00. The van der Waals surface area contributed by atoms with Crippen molar-refractivity contribution in [3.8, 4) is 17.6 Å². The van der Waals surface area contributed by atoms with Gasteiger partial charge in [0.25, 0.3) is 0 Å². The Morgan fingerprint density at radius 1 is 0.977 bits per heavy atom. The van der Waals surface area contributed by atoms with E-state index in [1.165, 1.54) is 25.2 Å². The van der Waals surface area contributed by atoms with Crippen molar-refractivity contribution in [3.05, 3.63) is 129 Å². The minimum atomic E-state index is -4.19. The van der Waals surface area contributed by atoms with E-state index in [1.807, 2.05) is 0 Å². The molecule has 1 atom stereocenters. The van der Waals surface area contributed by atoms with Crippen LogP contribution in [0.4, 0.5) is 22.0 Å². The van der Waals surface area contributed by atoms with Gasteiger partial charge in [-0.1, -0.05) is 40.8 Å². The fourth-order valence-electron chi connectivity index (χ4n) is 4.12. The molecule has 0 radical (unpaired) electrons. The molecule has 1 unspecified atom stereocenters. The van der Waals surface area contributed by atoms with Crippen LogP contribution in [0.1, 0.15) is 27.9 Å². The van der Waals surface area contributed by atoms with Crippen LogP contribution in [0.3, 0.4) is 0 Å². The van der Waals surface area contributed by atoms with Gasteiger partial charge in [-0.15, -0.1) is 5.10 Å². The normalized spacial score (nSPS) is 12.7. The van der Waals surface area contributed by atoms with Crippen LogP contribution in [0.15, 0.2) is 89.3 Å². The van der Waals surface area contributed by atoms with Crippen LogP contribution in [-0.2, 0) is 18.1 Å². The second kappa shape index (κ2) is 13.6. The zero-order chi connectivity index (χ0) is 31.9. The van der Waals surface area contributed by atoms with Crippen molar-refractivity contribution >= 4 is 17.9 Å². The first kappa shape index (κ1) is 32.1. The van der Waals surface area contributed by atoms with Crippen molar-refractivity contribution in [2.75, 3.05) is 13.6 Å². The van der Waals surface area contributed by atoms with Crippen molar-refractivity contribution in [2.45, 2.75) is 18.1 Å². The fourth-order valence-corrected chi connectivity index (χ4v) is 4.24. The van der Waals surface area contributed by atoms with E-state index in [1.54, 1.807) is 30.3 Å². The minimum absolute atomic E-state index is 0.00638. The van der Waals surface area contributed by atoms with Gasteiger partial charge in [0.05, 0.1) is 11.6 Å². The summed E-state index contributed by atoms with van der Waals surface area (Å²) in [4.78, 5) is 4.76. The highest BCUT2D eigenvalue weighted by atomic mass is 35.5. The van der Waals surface area contributed by atoms with Crippen LogP contribution in [0.25, 0.3) is 0 Å². The van der Waals surface area contributed by atoms with E-state index in [4.69, 9.17) is 21.9 Å². The van der Waals surface area contributed by atoms with Gasteiger partial charge >= 0.3 is 5.92 Å². The number of halogens is 6. The number of hydrogen-bond acceptors (Lipinski definition) is 5. The Bertz CT molecular complexity index is 1730. The maximum atomic E-state index is 15.9. The molecule has 2 N–H and O–H groups in total. The largest absolute Gasteiger partial charge is 0.489 e. The molecule has 0 amide bonds. The Hall–Kier alpha value is -4.86. The predicted molar refractivity (Wildman–Crippen MR) is 153 cm³/mol. The zero-order valence-electron chi connectivity index (χ0n) is 22.9. The van der Waals surface area contributed by atoms with E-state index in [0.717, 1.165) is 41.2 Å². The summed E-state index contributed by atoms with van der Waals surface area (Å²) < 4.78 is 79.2. The molecule has 7 nitrogen and oxygen atoms in total. The van der Waals surface area contributed by atoms with E-state index >= 15 is 8.78 Å².